The number of hydrogen-bond acceptors (Lipinski definition) is 9. The van der Waals surface area contributed by atoms with E-state index in [1.165, 1.54) is 7.11 Å². The number of nitrogens with one attached hydrogen (secondary N) is 2. The average molecular weight is 479 g/mol. The zero-order valence-electron chi connectivity index (χ0n) is 19.4. The van der Waals surface area contributed by atoms with Crippen LogP contribution >= 0.6 is 0 Å². The van der Waals surface area contributed by atoms with Gasteiger partial charge in [0.25, 0.3) is 5.91 Å². The largest absolute Gasteiger partial charge is 0.495 e. The van der Waals surface area contributed by atoms with Crippen molar-refractivity contribution in [2.45, 2.75) is 18.9 Å². The van der Waals surface area contributed by atoms with Gasteiger partial charge in [0, 0.05) is 37.7 Å². The molecule has 1 amide bonds. The molecule has 0 aliphatic carbocycles. The molecular formula is C24H26N6O5. The van der Waals surface area contributed by atoms with Crippen LogP contribution in [0.1, 0.15) is 28.8 Å². The highest BCUT2D eigenvalue weighted by atomic mass is 16.5. The lowest BCUT2D eigenvalue weighted by atomic mass is 10.1. The van der Waals surface area contributed by atoms with E-state index in [0.717, 1.165) is 12.8 Å². The maximum Gasteiger partial charge on any atom is 0.254 e. The lowest BCUT2D eigenvalue weighted by Gasteiger charge is -2.27. The fourth-order valence-electron chi connectivity index (χ4n) is 4.18. The molecule has 5 rings (SSSR count). The van der Waals surface area contributed by atoms with Crippen LogP contribution in [0.15, 0.2) is 24.4 Å². The number of amides is 1. The molecule has 2 aromatic heterocycles. The Labute approximate surface area is 202 Å². The number of morpholine rings is 1. The van der Waals surface area contributed by atoms with Gasteiger partial charge < -0.3 is 34.1 Å². The molecule has 2 N–H and O–H groups in total. The predicted molar refractivity (Wildman–Crippen MR) is 126 cm³/mol. The number of nitriles is 1. The first kappa shape index (κ1) is 22.9. The van der Waals surface area contributed by atoms with Crippen LogP contribution in [0, 0.1) is 11.3 Å². The topological polar surface area (TPSA) is 135 Å². The molecule has 0 saturated carbocycles. The number of aromatic amines is 1. The van der Waals surface area contributed by atoms with E-state index in [0.29, 0.717) is 79.0 Å². The van der Waals surface area contributed by atoms with Gasteiger partial charge in [0.2, 0.25) is 11.8 Å². The predicted octanol–water partition coefficient (Wildman–Crippen LogP) is 2.61. The van der Waals surface area contributed by atoms with Gasteiger partial charge in [-0.05, 0) is 18.2 Å². The third kappa shape index (κ3) is 4.84. The fourth-order valence-corrected chi connectivity index (χ4v) is 4.18. The molecule has 11 nitrogen and oxygen atoms in total. The van der Waals surface area contributed by atoms with Crippen LogP contribution in [0.25, 0.3) is 11.0 Å². The first-order chi connectivity index (χ1) is 17.2. The van der Waals surface area contributed by atoms with Crippen LogP contribution in [0.3, 0.4) is 0 Å². The Kier molecular flexibility index (Phi) is 6.65. The number of ether oxygens (including phenoxy) is 4. The first-order valence-electron chi connectivity index (χ1n) is 11.5. The second-order valence-electron chi connectivity index (χ2n) is 8.26. The van der Waals surface area contributed by atoms with E-state index < -0.39 is 0 Å². The van der Waals surface area contributed by atoms with Gasteiger partial charge in [-0.1, -0.05) is 0 Å². The second-order valence-corrected chi connectivity index (χ2v) is 8.26. The number of fused-ring (bicyclic) bond motifs is 1. The fraction of sp³-hybridized carbons (Fsp3) is 0.417. The molecule has 0 atom stereocenters. The van der Waals surface area contributed by atoms with Crippen molar-refractivity contribution in [3.63, 3.8) is 0 Å². The Morgan fingerprint density at radius 2 is 1.97 bits per heavy atom. The summed E-state index contributed by atoms with van der Waals surface area (Å²) in [7, 11) is 1.54. The molecule has 0 unspecified atom stereocenters. The van der Waals surface area contributed by atoms with Crippen LogP contribution in [-0.4, -0.2) is 78.5 Å². The molecule has 2 aliphatic rings. The zero-order chi connectivity index (χ0) is 24.2. The molecular weight excluding hydrogens is 452 g/mol. The van der Waals surface area contributed by atoms with Gasteiger partial charge in [-0.3, -0.25) is 4.79 Å². The molecule has 0 bridgehead atoms. The highest BCUT2D eigenvalue weighted by molar-refractivity contribution is 5.95. The van der Waals surface area contributed by atoms with Crippen molar-refractivity contribution in [3.8, 4) is 17.7 Å². The summed E-state index contributed by atoms with van der Waals surface area (Å²) in [4.78, 5) is 26.7. The molecule has 182 valence electrons. The van der Waals surface area contributed by atoms with Crippen LogP contribution in [-0.2, 0) is 9.47 Å². The molecule has 2 saturated heterocycles. The number of anilines is 2. The van der Waals surface area contributed by atoms with Gasteiger partial charge in [-0.25, -0.2) is 0 Å². The third-order valence-electron chi connectivity index (χ3n) is 6.06. The van der Waals surface area contributed by atoms with Crippen molar-refractivity contribution < 1.29 is 23.7 Å². The minimum atomic E-state index is -0.0709. The van der Waals surface area contributed by atoms with E-state index in [1.54, 1.807) is 29.3 Å². The Balaban J connectivity index is 1.43. The normalized spacial score (nSPS) is 16.6. The smallest absolute Gasteiger partial charge is 0.254 e. The van der Waals surface area contributed by atoms with Crippen molar-refractivity contribution in [1.29, 1.82) is 5.26 Å². The molecule has 1 aromatic carbocycles. The summed E-state index contributed by atoms with van der Waals surface area (Å²) in [6, 6.07) is 7.35. The van der Waals surface area contributed by atoms with E-state index in [4.69, 9.17) is 18.9 Å². The van der Waals surface area contributed by atoms with Gasteiger partial charge in [0.15, 0.2) is 0 Å². The highest BCUT2D eigenvalue weighted by Crippen LogP contribution is 2.32. The van der Waals surface area contributed by atoms with E-state index in [-0.39, 0.29) is 18.0 Å². The van der Waals surface area contributed by atoms with E-state index in [9.17, 15) is 10.1 Å². The number of benzene rings is 1. The second kappa shape index (κ2) is 10.2. The van der Waals surface area contributed by atoms with Gasteiger partial charge in [0.1, 0.15) is 23.6 Å². The number of H-pyrrole nitrogens is 1. The maximum atomic E-state index is 12.9. The number of nitrogens with zero attached hydrogens (tertiary/aromatic N) is 4. The molecule has 4 heterocycles. The maximum absolute atomic E-state index is 12.9. The summed E-state index contributed by atoms with van der Waals surface area (Å²) in [5, 5.41) is 13.2. The average Bonchev–Trinajstić information content (AvgIpc) is 3.33. The van der Waals surface area contributed by atoms with E-state index in [1.807, 2.05) is 0 Å². The number of aromatic nitrogens is 3. The quantitative estimate of drug-likeness (QED) is 0.548. The molecule has 0 spiro atoms. The molecule has 0 radical (unpaired) electrons. The lowest BCUT2D eigenvalue weighted by Crippen LogP contribution is -2.40. The number of carbonyl (C=O) groups is 1. The molecule has 2 fully saturated rings. The van der Waals surface area contributed by atoms with Crippen molar-refractivity contribution in [1.82, 2.24) is 19.9 Å². The van der Waals surface area contributed by atoms with E-state index >= 15 is 0 Å². The van der Waals surface area contributed by atoms with Gasteiger partial charge in [-0.15, -0.1) is 0 Å². The van der Waals surface area contributed by atoms with E-state index in [2.05, 4.69) is 26.3 Å². The SMILES string of the molecule is COc1cc(C(=O)N2CCOCC2)ccc1Nc1nc(OC2CCOCC2)c2c(C#N)c[nH]c2n1. The minimum absolute atomic E-state index is 0.0591. The number of carbonyl (C=O) groups excluding carboxylic acids is 1. The van der Waals surface area contributed by atoms with Crippen molar-refractivity contribution in [2.75, 3.05) is 51.9 Å². The molecule has 3 aromatic rings. The summed E-state index contributed by atoms with van der Waals surface area (Å²) in [6.45, 7) is 3.43. The van der Waals surface area contributed by atoms with Crippen molar-refractivity contribution >= 4 is 28.6 Å². The Hall–Kier alpha value is -3.88. The number of rotatable bonds is 6. The molecule has 35 heavy (non-hydrogen) atoms. The summed E-state index contributed by atoms with van der Waals surface area (Å²) in [5.74, 6) is 1.01. The van der Waals surface area contributed by atoms with Crippen LogP contribution in [0.2, 0.25) is 0 Å². The molecule has 2 aliphatic heterocycles. The third-order valence-corrected chi connectivity index (χ3v) is 6.06. The monoisotopic (exact) mass is 478 g/mol. The van der Waals surface area contributed by atoms with Gasteiger partial charge >= 0.3 is 0 Å². The van der Waals surface area contributed by atoms with Gasteiger partial charge in [-0.2, -0.15) is 15.2 Å². The lowest BCUT2D eigenvalue weighted by molar-refractivity contribution is 0.0244. The standard InChI is InChI=1S/C24H26N6O5/c1-32-19-12-15(23(31)30-6-10-34-11-7-30)2-3-18(19)27-24-28-21-20(16(13-25)14-26-21)22(29-24)35-17-4-8-33-9-5-17/h2-3,12,14,17H,4-11H2,1H3,(H2,26,27,28,29). The Morgan fingerprint density at radius 1 is 1.20 bits per heavy atom. The highest BCUT2D eigenvalue weighted by Gasteiger charge is 2.23. The zero-order valence-corrected chi connectivity index (χ0v) is 19.4. The van der Waals surface area contributed by atoms with Crippen molar-refractivity contribution in [3.05, 3.63) is 35.5 Å². The van der Waals surface area contributed by atoms with Crippen LogP contribution in [0.5, 0.6) is 11.6 Å². The van der Waals surface area contributed by atoms with Crippen LogP contribution in [0.4, 0.5) is 11.6 Å². The summed E-state index contributed by atoms with van der Waals surface area (Å²) < 4.78 is 22.5. The number of hydrogen-bond donors (Lipinski definition) is 2. The van der Waals surface area contributed by atoms with Crippen LogP contribution < -0.4 is 14.8 Å². The number of methoxy groups -OCH3 is 1. The summed E-state index contributed by atoms with van der Waals surface area (Å²) >= 11 is 0. The Morgan fingerprint density at radius 3 is 2.71 bits per heavy atom. The Bertz CT molecular complexity index is 1260. The van der Waals surface area contributed by atoms with Crippen molar-refractivity contribution in [2.24, 2.45) is 0 Å². The summed E-state index contributed by atoms with van der Waals surface area (Å²) in [6.07, 6.45) is 3.02. The van der Waals surface area contributed by atoms with Gasteiger partial charge in [0.05, 0.1) is 50.2 Å². The minimum Gasteiger partial charge on any atom is -0.495 e. The first-order valence-corrected chi connectivity index (χ1v) is 11.5. The summed E-state index contributed by atoms with van der Waals surface area (Å²) in [5.41, 5.74) is 2.02. The molecule has 11 heteroatoms.